The lowest BCUT2D eigenvalue weighted by molar-refractivity contribution is 0.579. The van der Waals surface area contributed by atoms with Crippen molar-refractivity contribution >= 4 is 13.3 Å². The van der Waals surface area contributed by atoms with Crippen LogP contribution in [0.2, 0.25) is 0 Å². The molecule has 54 valence electrons. The normalized spacial score (nSPS) is 9.18. The number of nitrogens with zero attached hydrogens (tertiary/aromatic N) is 1. The molecular weight excluding hydrogens is 147 g/mol. The van der Waals surface area contributed by atoms with Gasteiger partial charge in [0.1, 0.15) is 31.1 Å². The van der Waals surface area contributed by atoms with Gasteiger partial charge in [-0.3, -0.25) is 0 Å². The van der Waals surface area contributed by atoms with E-state index in [-0.39, 0.29) is 0 Å². The maximum atomic E-state index is 12.6. The third kappa shape index (κ3) is 1.37. The number of nitriles is 1. The fourth-order valence-electron chi connectivity index (χ4n) is 0.807. The van der Waals surface area contributed by atoms with Gasteiger partial charge in [0.25, 0.3) is 0 Å². The van der Waals surface area contributed by atoms with Crippen LogP contribution >= 0.6 is 0 Å². The molecule has 0 amide bonds. The highest BCUT2D eigenvalue weighted by Crippen LogP contribution is 2.07. The van der Waals surface area contributed by atoms with Crippen molar-refractivity contribution in [2.24, 2.45) is 0 Å². The summed E-state index contributed by atoms with van der Waals surface area (Å²) in [6.45, 7) is 0. The number of benzene rings is 1. The zero-order chi connectivity index (χ0) is 8.43. The van der Waals surface area contributed by atoms with Gasteiger partial charge in [0.15, 0.2) is 0 Å². The van der Waals surface area contributed by atoms with Crippen molar-refractivity contribution < 1.29 is 8.78 Å². The summed E-state index contributed by atoms with van der Waals surface area (Å²) in [5.41, 5.74) is -0.0467. The Hall–Kier alpha value is -1.37. The summed E-state index contributed by atoms with van der Waals surface area (Å²) in [5, 5.41) is 8.26. The van der Waals surface area contributed by atoms with E-state index in [4.69, 9.17) is 5.26 Å². The van der Waals surface area contributed by atoms with Crippen molar-refractivity contribution in [1.82, 2.24) is 0 Å². The Balaban J connectivity index is 3.40. The van der Waals surface area contributed by atoms with E-state index in [2.05, 4.69) is 0 Å². The van der Waals surface area contributed by atoms with Gasteiger partial charge < -0.3 is 0 Å². The van der Waals surface area contributed by atoms with Crippen molar-refractivity contribution in [3.8, 4) is 6.07 Å². The van der Waals surface area contributed by atoms with Gasteiger partial charge in [0, 0.05) is 0 Å². The third-order valence-corrected chi connectivity index (χ3v) is 1.30. The molecular formula is C7H4BF2N. The average molecular weight is 151 g/mol. The summed E-state index contributed by atoms with van der Waals surface area (Å²) >= 11 is 0. The van der Waals surface area contributed by atoms with Gasteiger partial charge in [-0.05, 0) is 12.1 Å². The van der Waals surface area contributed by atoms with Crippen LogP contribution in [0.4, 0.5) is 8.78 Å². The van der Waals surface area contributed by atoms with E-state index in [9.17, 15) is 8.78 Å². The fraction of sp³-hybridized carbons (Fsp3) is 0. The molecule has 0 saturated carbocycles. The SMILES string of the molecule is Bc1cc(F)c(C#N)c(F)c1. The lowest BCUT2D eigenvalue weighted by Crippen LogP contribution is -2.06. The van der Waals surface area contributed by atoms with Crippen LogP contribution < -0.4 is 5.46 Å². The van der Waals surface area contributed by atoms with E-state index in [0.29, 0.717) is 5.46 Å². The Bertz CT molecular complexity index is 307. The Morgan fingerprint density at radius 1 is 1.27 bits per heavy atom. The van der Waals surface area contributed by atoms with E-state index < -0.39 is 17.2 Å². The first-order valence-corrected chi connectivity index (χ1v) is 3.01. The van der Waals surface area contributed by atoms with E-state index in [1.165, 1.54) is 6.07 Å². The molecule has 4 heteroatoms. The molecule has 0 aliphatic carbocycles. The van der Waals surface area contributed by atoms with Crippen LogP contribution in [0.3, 0.4) is 0 Å². The molecule has 0 saturated heterocycles. The molecule has 1 aromatic carbocycles. The lowest BCUT2D eigenvalue weighted by Gasteiger charge is -1.96. The van der Waals surface area contributed by atoms with Crippen LogP contribution in [-0.2, 0) is 0 Å². The summed E-state index contributed by atoms with van der Waals surface area (Å²) in [5.74, 6) is -1.60. The number of hydrogen-bond acceptors (Lipinski definition) is 1. The van der Waals surface area contributed by atoms with Crippen molar-refractivity contribution in [3.05, 3.63) is 29.3 Å². The quantitative estimate of drug-likeness (QED) is 0.482. The van der Waals surface area contributed by atoms with E-state index in [0.717, 1.165) is 12.1 Å². The second kappa shape index (κ2) is 2.71. The van der Waals surface area contributed by atoms with Gasteiger partial charge in [-0.15, -0.1) is 0 Å². The molecule has 0 aliphatic rings. The zero-order valence-electron chi connectivity index (χ0n) is 5.86. The molecule has 0 atom stereocenters. The number of halogens is 2. The zero-order valence-corrected chi connectivity index (χ0v) is 5.86. The molecule has 0 N–H and O–H groups in total. The van der Waals surface area contributed by atoms with Crippen molar-refractivity contribution in [1.29, 1.82) is 5.26 Å². The minimum Gasteiger partial charge on any atom is -0.205 e. The molecule has 0 heterocycles. The maximum Gasteiger partial charge on any atom is 0.143 e. The fourth-order valence-corrected chi connectivity index (χ4v) is 0.807. The molecule has 1 nitrogen and oxygen atoms in total. The summed E-state index contributed by atoms with van der Waals surface area (Å²) < 4.78 is 25.3. The Morgan fingerprint density at radius 2 is 1.73 bits per heavy atom. The average Bonchev–Trinajstić information content (AvgIpc) is 1.85. The highest BCUT2D eigenvalue weighted by atomic mass is 19.1. The van der Waals surface area contributed by atoms with Crippen LogP contribution in [-0.4, -0.2) is 7.85 Å². The van der Waals surface area contributed by atoms with Gasteiger partial charge in [-0.2, -0.15) is 5.26 Å². The first kappa shape index (κ1) is 7.74. The monoisotopic (exact) mass is 151 g/mol. The molecule has 0 spiro atoms. The Kier molecular flexibility index (Phi) is 1.90. The standard InChI is InChI=1S/C7H4BF2N/c8-4-1-6(9)5(3-11)7(10)2-4/h1-2H,8H2. The van der Waals surface area contributed by atoms with Gasteiger partial charge in [-0.1, -0.05) is 5.46 Å². The molecule has 1 aromatic rings. The van der Waals surface area contributed by atoms with Crippen LogP contribution in [0.1, 0.15) is 5.56 Å². The first-order valence-electron chi connectivity index (χ1n) is 3.01. The highest BCUT2D eigenvalue weighted by Gasteiger charge is 2.07. The summed E-state index contributed by atoms with van der Waals surface area (Å²) in [7, 11) is 1.56. The summed E-state index contributed by atoms with van der Waals surface area (Å²) in [6, 6.07) is 3.69. The van der Waals surface area contributed by atoms with Gasteiger partial charge >= 0.3 is 0 Å². The smallest absolute Gasteiger partial charge is 0.143 e. The first-order chi connectivity index (χ1) is 5.15. The van der Waals surface area contributed by atoms with E-state index in [1.807, 2.05) is 0 Å². The predicted octanol–water partition coefficient (Wildman–Crippen LogP) is 0.0949. The maximum absolute atomic E-state index is 12.6. The highest BCUT2D eigenvalue weighted by molar-refractivity contribution is 6.32. The van der Waals surface area contributed by atoms with Gasteiger partial charge in [0.2, 0.25) is 0 Å². The van der Waals surface area contributed by atoms with Crippen molar-refractivity contribution in [3.63, 3.8) is 0 Å². The number of rotatable bonds is 0. The van der Waals surface area contributed by atoms with E-state index >= 15 is 0 Å². The molecule has 11 heavy (non-hydrogen) atoms. The van der Waals surface area contributed by atoms with Crippen LogP contribution in [0.25, 0.3) is 0 Å². The van der Waals surface area contributed by atoms with Crippen molar-refractivity contribution in [2.45, 2.75) is 0 Å². The lowest BCUT2D eigenvalue weighted by atomic mass is 9.95. The second-order valence-electron chi connectivity index (χ2n) is 2.22. The minimum atomic E-state index is -0.801. The van der Waals surface area contributed by atoms with Crippen LogP contribution in [0, 0.1) is 23.0 Å². The number of hydrogen-bond donors (Lipinski definition) is 0. The van der Waals surface area contributed by atoms with E-state index in [1.54, 1.807) is 7.85 Å². The summed E-state index contributed by atoms with van der Waals surface area (Å²) in [6.07, 6.45) is 0. The molecule has 0 radical (unpaired) electrons. The minimum absolute atomic E-state index is 0.471. The van der Waals surface area contributed by atoms with Gasteiger partial charge in [0.05, 0.1) is 0 Å². The molecule has 0 fully saturated rings. The molecule has 0 bridgehead atoms. The third-order valence-electron chi connectivity index (χ3n) is 1.30. The molecule has 0 aliphatic heterocycles. The largest absolute Gasteiger partial charge is 0.205 e. The molecule has 0 unspecified atom stereocenters. The molecule has 0 aromatic heterocycles. The second-order valence-corrected chi connectivity index (χ2v) is 2.22. The topological polar surface area (TPSA) is 23.8 Å². The predicted molar refractivity (Wildman–Crippen MR) is 39.3 cm³/mol. The Labute approximate surface area is 63.7 Å². The van der Waals surface area contributed by atoms with Crippen molar-refractivity contribution in [2.75, 3.05) is 0 Å². The summed E-state index contributed by atoms with van der Waals surface area (Å²) in [4.78, 5) is 0. The van der Waals surface area contributed by atoms with Crippen LogP contribution in [0.15, 0.2) is 12.1 Å². The molecule has 1 rings (SSSR count). The van der Waals surface area contributed by atoms with Gasteiger partial charge in [-0.25, -0.2) is 8.78 Å². The van der Waals surface area contributed by atoms with Crippen LogP contribution in [0.5, 0.6) is 0 Å². The Morgan fingerprint density at radius 3 is 2.09 bits per heavy atom.